The van der Waals surface area contributed by atoms with Gasteiger partial charge in [0.2, 0.25) is 10.0 Å². The van der Waals surface area contributed by atoms with Crippen molar-refractivity contribution in [3.63, 3.8) is 0 Å². The lowest BCUT2D eigenvalue weighted by molar-refractivity contribution is 0.0766. The first-order valence-electron chi connectivity index (χ1n) is 9.08. The highest BCUT2D eigenvalue weighted by atomic mass is 32.2. The number of sulfonamides is 1. The zero-order valence-corrected chi connectivity index (χ0v) is 15.6. The number of rotatable bonds is 3. The Morgan fingerprint density at radius 3 is 2.40 bits per heavy atom. The molecule has 1 aromatic rings. The standard InChI is InChI=1S/C18H27N3O3S/c1-15-7-12-21(13-8-15)25(23,24)17-5-3-16(4-6-17)18(22)20-11-2-9-19-10-14-20/h3-6,15,19H,2,7-14H2,1H3. The highest BCUT2D eigenvalue weighted by Gasteiger charge is 2.28. The summed E-state index contributed by atoms with van der Waals surface area (Å²) in [6.45, 7) is 6.45. The predicted molar refractivity (Wildman–Crippen MR) is 97.0 cm³/mol. The van der Waals surface area contributed by atoms with Gasteiger partial charge in [0.15, 0.2) is 0 Å². The Morgan fingerprint density at radius 2 is 1.72 bits per heavy atom. The number of nitrogens with zero attached hydrogens (tertiary/aromatic N) is 2. The van der Waals surface area contributed by atoms with Crippen LogP contribution in [0.25, 0.3) is 0 Å². The Morgan fingerprint density at radius 1 is 1.04 bits per heavy atom. The minimum atomic E-state index is -3.46. The molecule has 1 amide bonds. The topological polar surface area (TPSA) is 69.7 Å². The van der Waals surface area contributed by atoms with E-state index >= 15 is 0 Å². The van der Waals surface area contributed by atoms with Gasteiger partial charge in [-0.2, -0.15) is 4.31 Å². The molecule has 2 saturated heterocycles. The molecule has 0 bridgehead atoms. The number of carbonyl (C=O) groups excluding carboxylic acids is 1. The number of amides is 1. The minimum absolute atomic E-state index is 0.0283. The Balaban J connectivity index is 1.72. The number of hydrogen-bond donors (Lipinski definition) is 1. The molecule has 2 aliphatic heterocycles. The monoisotopic (exact) mass is 365 g/mol. The van der Waals surface area contributed by atoms with E-state index in [4.69, 9.17) is 0 Å². The number of nitrogens with one attached hydrogen (secondary N) is 1. The second-order valence-corrected chi connectivity index (χ2v) is 8.94. The minimum Gasteiger partial charge on any atom is -0.337 e. The molecular weight excluding hydrogens is 338 g/mol. The van der Waals surface area contributed by atoms with Crippen molar-refractivity contribution in [1.29, 1.82) is 0 Å². The molecule has 0 aromatic heterocycles. The largest absolute Gasteiger partial charge is 0.337 e. The molecule has 2 aliphatic rings. The number of piperidine rings is 1. The van der Waals surface area contributed by atoms with Crippen molar-refractivity contribution in [1.82, 2.24) is 14.5 Å². The molecule has 138 valence electrons. The maximum absolute atomic E-state index is 12.7. The van der Waals surface area contributed by atoms with E-state index in [9.17, 15) is 13.2 Å². The summed E-state index contributed by atoms with van der Waals surface area (Å²) in [7, 11) is -3.46. The lowest BCUT2D eigenvalue weighted by Crippen LogP contribution is -2.38. The van der Waals surface area contributed by atoms with Crippen LogP contribution in [0.2, 0.25) is 0 Å². The third-order valence-electron chi connectivity index (χ3n) is 5.11. The third kappa shape index (κ3) is 4.22. The van der Waals surface area contributed by atoms with Crippen molar-refractivity contribution in [2.45, 2.75) is 31.1 Å². The average molecular weight is 365 g/mol. The third-order valence-corrected chi connectivity index (χ3v) is 7.02. The molecule has 2 heterocycles. The molecule has 0 spiro atoms. The van der Waals surface area contributed by atoms with Crippen LogP contribution in [0, 0.1) is 5.92 Å². The molecule has 0 atom stereocenters. The van der Waals surface area contributed by atoms with Crippen LogP contribution in [-0.4, -0.2) is 62.8 Å². The first-order valence-corrected chi connectivity index (χ1v) is 10.5. The van der Waals surface area contributed by atoms with Crippen LogP contribution < -0.4 is 5.32 Å². The summed E-state index contributed by atoms with van der Waals surface area (Å²) in [6, 6.07) is 6.41. The molecule has 0 aliphatic carbocycles. The zero-order chi connectivity index (χ0) is 17.9. The number of hydrogen-bond acceptors (Lipinski definition) is 4. The summed E-state index contributed by atoms with van der Waals surface area (Å²) in [4.78, 5) is 14.7. The fraction of sp³-hybridized carbons (Fsp3) is 0.611. The van der Waals surface area contributed by atoms with E-state index in [0.29, 0.717) is 31.1 Å². The maximum Gasteiger partial charge on any atom is 0.253 e. The van der Waals surface area contributed by atoms with E-state index in [2.05, 4.69) is 12.2 Å². The van der Waals surface area contributed by atoms with E-state index < -0.39 is 10.0 Å². The van der Waals surface area contributed by atoms with Gasteiger partial charge >= 0.3 is 0 Å². The van der Waals surface area contributed by atoms with Gasteiger partial charge in [0.05, 0.1) is 4.90 Å². The SMILES string of the molecule is CC1CCN(S(=O)(=O)c2ccc(C(=O)N3CCCNCC3)cc2)CC1. The fourth-order valence-electron chi connectivity index (χ4n) is 3.38. The smallest absolute Gasteiger partial charge is 0.253 e. The second kappa shape index (κ2) is 7.85. The van der Waals surface area contributed by atoms with Crippen molar-refractivity contribution >= 4 is 15.9 Å². The van der Waals surface area contributed by atoms with Crippen LogP contribution >= 0.6 is 0 Å². The van der Waals surface area contributed by atoms with Crippen LogP contribution in [-0.2, 0) is 10.0 Å². The molecule has 2 fully saturated rings. The molecule has 25 heavy (non-hydrogen) atoms. The Labute approximate surface area is 150 Å². The summed E-state index contributed by atoms with van der Waals surface area (Å²) in [5.41, 5.74) is 0.549. The molecule has 6 nitrogen and oxygen atoms in total. The van der Waals surface area contributed by atoms with Crippen molar-refractivity contribution in [3.05, 3.63) is 29.8 Å². The molecule has 3 rings (SSSR count). The lowest BCUT2D eigenvalue weighted by atomic mass is 10.0. The Bertz CT molecular complexity index is 687. The summed E-state index contributed by atoms with van der Waals surface area (Å²) in [5, 5.41) is 3.27. The first-order chi connectivity index (χ1) is 12.0. The predicted octanol–water partition coefficient (Wildman–Crippen LogP) is 1.54. The Kier molecular flexibility index (Phi) is 5.76. The van der Waals surface area contributed by atoms with Gasteiger partial charge in [-0.3, -0.25) is 4.79 Å². The highest BCUT2D eigenvalue weighted by molar-refractivity contribution is 7.89. The van der Waals surface area contributed by atoms with Crippen molar-refractivity contribution in [2.24, 2.45) is 5.92 Å². The van der Waals surface area contributed by atoms with Crippen LogP contribution in [0.15, 0.2) is 29.2 Å². The van der Waals surface area contributed by atoms with Crippen molar-refractivity contribution < 1.29 is 13.2 Å². The van der Waals surface area contributed by atoms with E-state index in [1.54, 1.807) is 28.6 Å². The van der Waals surface area contributed by atoms with Crippen LogP contribution in [0.4, 0.5) is 0 Å². The van der Waals surface area contributed by atoms with Crippen LogP contribution in [0.5, 0.6) is 0 Å². The van der Waals surface area contributed by atoms with Crippen molar-refractivity contribution in [3.8, 4) is 0 Å². The number of benzene rings is 1. The zero-order valence-electron chi connectivity index (χ0n) is 14.8. The van der Waals surface area contributed by atoms with Gasteiger partial charge in [-0.05, 0) is 56.0 Å². The van der Waals surface area contributed by atoms with Gasteiger partial charge in [-0.25, -0.2) is 8.42 Å². The quantitative estimate of drug-likeness (QED) is 0.882. The van der Waals surface area contributed by atoms with Crippen LogP contribution in [0.1, 0.15) is 36.5 Å². The van der Waals surface area contributed by atoms with E-state index in [1.807, 2.05) is 4.90 Å². The summed E-state index contributed by atoms with van der Waals surface area (Å²) in [6.07, 6.45) is 2.74. The highest BCUT2D eigenvalue weighted by Crippen LogP contribution is 2.23. The van der Waals surface area contributed by atoms with Gasteiger partial charge in [0, 0.05) is 38.3 Å². The van der Waals surface area contributed by atoms with Gasteiger partial charge in [0.25, 0.3) is 5.91 Å². The number of carbonyl (C=O) groups is 1. The average Bonchev–Trinajstić information content (AvgIpc) is 2.91. The van der Waals surface area contributed by atoms with Gasteiger partial charge in [0.1, 0.15) is 0 Å². The maximum atomic E-state index is 12.7. The molecular formula is C18H27N3O3S. The van der Waals surface area contributed by atoms with Gasteiger partial charge < -0.3 is 10.2 Å². The lowest BCUT2D eigenvalue weighted by Gasteiger charge is -2.29. The molecule has 0 radical (unpaired) electrons. The second-order valence-electron chi connectivity index (χ2n) is 7.01. The summed E-state index contributed by atoms with van der Waals surface area (Å²) < 4.78 is 27.0. The van der Waals surface area contributed by atoms with Gasteiger partial charge in [-0.15, -0.1) is 0 Å². The van der Waals surface area contributed by atoms with E-state index in [-0.39, 0.29) is 10.8 Å². The normalized spacial score (nSPS) is 21.1. The fourth-order valence-corrected chi connectivity index (χ4v) is 4.84. The Hall–Kier alpha value is -1.44. The van der Waals surface area contributed by atoms with Gasteiger partial charge in [-0.1, -0.05) is 6.92 Å². The molecule has 7 heteroatoms. The molecule has 1 N–H and O–H groups in total. The molecule has 0 unspecified atom stereocenters. The van der Waals surface area contributed by atoms with E-state index in [0.717, 1.165) is 38.9 Å². The van der Waals surface area contributed by atoms with Crippen LogP contribution in [0.3, 0.4) is 0 Å². The summed E-state index contributed by atoms with van der Waals surface area (Å²) in [5.74, 6) is 0.550. The van der Waals surface area contributed by atoms with E-state index in [1.165, 1.54) is 0 Å². The summed E-state index contributed by atoms with van der Waals surface area (Å²) >= 11 is 0. The molecule has 0 saturated carbocycles. The first kappa shape index (κ1) is 18.4. The van der Waals surface area contributed by atoms with Crippen molar-refractivity contribution in [2.75, 3.05) is 39.3 Å². The molecule has 1 aromatic carbocycles.